The number of hydrogen-bond acceptors (Lipinski definition) is 3. The Balaban J connectivity index is 1.65. The summed E-state index contributed by atoms with van der Waals surface area (Å²) in [6.07, 6.45) is 5.43. The summed E-state index contributed by atoms with van der Waals surface area (Å²) in [5.41, 5.74) is 3.41. The van der Waals surface area contributed by atoms with Crippen LogP contribution in [0.2, 0.25) is 0 Å². The van der Waals surface area contributed by atoms with E-state index < -0.39 is 0 Å². The number of benzene rings is 1. The van der Waals surface area contributed by atoms with E-state index >= 15 is 0 Å². The van der Waals surface area contributed by atoms with Gasteiger partial charge in [0.25, 0.3) is 0 Å². The van der Waals surface area contributed by atoms with Gasteiger partial charge in [-0.05, 0) is 31.7 Å². The smallest absolute Gasteiger partial charge is 0.161 e. The lowest BCUT2D eigenvalue weighted by Gasteiger charge is -2.05. The second-order valence-electron chi connectivity index (χ2n) is 6.33. The molecule has 1 aromatic carbocycles. The summed E-state index contributed by atoms with van der Waals surface area (Å²) >= 11 is 0. The van der Waals surface area contributed by atoms with Crippen LogP contribution in [0.3, 0.4) is 0 Å². The Bertz CT molecular complexity index is 811. The topological polar surface area (TPSA) is 48.5 Å². The van der Waals surface area contributed by atoms with E-state index in [2.05, 4.69) is 40.1 Å². The van der Waals surface area contributed by atoms with Crippen LogP contribution in [0.15, 0.2) is 36.5 Å². The molecule has 0 radical (unpaired) electrons. The maximum Gasteiger partial charge on any atom is 0.161 e. The van der Waals surface area contributed by atoms with Gasteiger partial charge in [-0.15, -0.1) is 0 Å². The van der Waals surface area contributed by atoms with Crippen LogP contribution in [0.1, 0.15) is 35.8 Å². The molecule has 0 unspecified atom stereocenters. The Morgan fingerprint density at radius 1 is 1.13 bits per heavy atom. The van der Waals surface area contributed by atoms with E-state index in [9.17, 15) is 0 Å². The molecule has 0 atom stereocenters. The number of nitrogens with zero attached hydrogens (tertiary/aromatic N) is 5. The molecule has 0 amide bonds. The van der Waals surface area contributed by atoms with E-state index in [0.29, 0.717) is 5.92 Å². The second-order valence-corrected chi connectivity index (χ2v) is 6.33. The van der Waals surface area contributed by atoms with E-state index in [0.717, 1.165) is 35.9 Å². The van der Waals surface area contributed by atoms with E-state index in [-0.39, 0.29) is 0 Å². The largest absolute Gasteiger partial charge is 0.275 e. The van der Waals surface area contributed by atoms with Crippen molar-refractivity contribution in [2.75, 3.05) is 0 Å². The molecule has 2 heterocycles. The zero-order valence-corrected chi connectivity index (χ0v) is 13.6. The van der Waals surface area contributed by atoms with Gasteiger partial charge in [0, 0.05) is 25.7 Å². The molecule has 0 bridgehead atoms. The first-order valence-corrected chi connectivity index (χ1v) is 8.20. The number of rotatable bonds is 5. The predicted octanol–water partition coefficient (Wildman–Crippen LogP) is 3.11. The molecule has 3 aromatic rings. The highest BCUT2D eigenvalue weighted by molar-refractivity contribution is 5.57. The monoisotopic (exact) mass is 307 g/mol. The summed E-state index contributed by atoms with van der Waals surface area (Å²) in [5, 5.41) is 9.23. The molecule has 5 nitrogen and oxygen atoms in total. The maximum atomic E-state index is 4.83. The molecule has 4 rings (SSSR count). The van der Waals surface area contributed by atoms with E-state index in [4.69, 9.17) is 10.1 Å². The highest BCUT2D eigenvalue weighted by Gasteiger charge is 2.29. The molecular formula is C18H21N5. The van der Waals surface area contributed by atoms with Crippen molar-refractivity contribution >= 4 is 0 Å². The lowest BCUT2D eigenvalue weighted by Crippen LogP contribution is -2.06. The van der Waals surface area contributed by atoms with E-state index in [1.54, 1.807) is 0 Å². The van der Waals surface area contributed by atoms with Crippen LogP contribution in [-0.4, -0.2) is 24.5 Å². The molecular weight excluding hydrogens is 286 g/mol. The first-order valence-electron chi connectivity index (χ1n) is 8.20. The Kier molecular flexibility index (Phi) is 3.48. The van der Waals surface area contributed by atoms with Crippen molar-refractivity contribution in [1.82, 2.24) is 24.5 Å². The normalized spacial score (nSPS) is 14.3. The molecule has 0 aliphatic heterocycles. The molecule has 1 fully saturated rings. The number of hydrogen-bond donors (Lipinski definition) is 0. The van der Waals surface area contributed by atoms with E-state index in [1.807, 2.05) is 24.9 Å². The van der Waals surface area contributed by atoms with Gasteiger partial charge in [0.15, 0.2) is 11.6 Å². The third kappa shape index (κ3) is 2.91. The molecule has 0 spiro atoms. The fourth-order valence-corrected chi connectivity index (χ4v) is 2.93. The van der Waals surface area contributed by atoms with Crippen LogP contribution in [0.5, 0.6) is 0 Å². The first kappa shape index (κ1) is 14.2. The van der Waals surface area contributed by atoms with Gasteiger partial charge in [-0.25, -0.2) is 9.67 Å². The van der Waals surface area contributed by atoms with Gasteiger partial charge in [-0.3, -0.25) is 4.68 Å². The standard InChI is InChI=1S/C18H21N5/c1-13-16(12-22(2)20-13)18-19-17(15-8-9-15)21-23(18)11-10-14-6-4-3-5-7-14/h3-7,12,15H,8-11H2,1-2H3. The lowest BCUT2D eigenvalue weighted by molar-refractivity contribution is 0.611. The van der Waals surface area contributed by atoms with Crippen molar-refractivity contribution in [3.05, 3.63) is 53.6 Å². The summed E-state index contributed by atoms with van der Waals surface area (Å²) < 4.78 is 3.91. The summed E-state index contributed by atoms with van der Waals surface area (Å²) in [4.78, 5) is 4.83. The molecule has 1 saturated carbocycles. The van der Waals surface area contributed by atoms with Gasteiger partial charge < -0.3 is 0 Å². The van der Waals surface area contributed by atoms with Crippen LogP contribution >= 0.6 is 0 Å². The van der Waals surface area contributed by atoms with Crippen LogP contribution < -0.4 is 0 Å². The molecule has 0 saturated heterocycles. The summed E-state index contributed by atoms with van der Waals surface area (Å²) in [7, 11) is 1.95. The molecule has 23 heavy (non-hydrogen) atoms. The van der Waals surface area contributed by atoms with Crippen molar-refractivity contribution in [2.45, 2.75) is 38.6 Å². The third-order valence-electron chi connectivity index (χ3n) is 4.34. The van der Waals surface area contributed by atoms with Crippen molar-refractivity contribution in [3.63, 3.8) is 0 Å². The Morgan fingerprint density at radius 2 is 1.91 bits per heavy atom. The first-order chi connectivity index (χ1) is 11.2. The lowest BCUT2D eigenvalue weighted by atomic mass is 10.1. The SMILES string of the molecule is Cc1nn(C)cc1-c1nc(C2CC2)nn1CCc1ccccc1. The van der Waals surface area contributed by atoms with Crippen molar-refractivity contribution < 1.29 is 0 Å². The number of aryl methyl sites for hydroxylation is 4. The second kappa shape index (κ2) is 5.65. The van der Waals surface area contributed by atoms with Crippen LogP contribution in [0.25, 0.3) is 11.4 Å². The van der Waals surface area contributed by atoms with E-state index in [1.165, 1.54) is 18.4 Å². The van der Waals surface area contributed by atoms with Crippen molar-refractivity contribution in [2.24, 2.45) is 7.05 Å². The Morgan fingerprint density at radius 3 is 2.57 bits per heavy atom. The fraction of sp³-hybridized carbons (Fsp3) is 0.389. The highest BCUT2D eigenvalue weighted by atomic mass is 15.4. The molecule has 1 aliphatic carbocycles. The summed E-state index contributed by atoms with van der Waals surface area (Å²) in [5.74, 6) is 2.51. The highest BCUT2D eigenvalue weighted by Crippen LogP contribution is 2.39. The molecule has 1 aliphatic rings. The van der Waals surface area contributed by atoms with Crippen LogP contribution in [-0.2, 0) is 20.0 Å². The quantitative estimate of drug-likeness (QED) is 0.727. The van der Waals surface area contributed by atoms with Gasteiger partial charge >= 0.3 is 0 Å². The zero-order chi connectivity index (χ0) is 15.8. The average molecular weight is 307 g/mol. The van der Waals surface area contributed by atoms with Gasteiger partial charge in [0.1, 0.15) is 0 Å². The molecule has 5 heteroatoms. The third-order valence-corrected chi connectivity index (χ3v) is 4.34. The van der Waals surface area contributed by atoms with Crippen LogP contribution in [0.4, 0.5) is 0 Å². The van der Waals surface area contributed by atoms with Gasteiger partial charge in [0.2, 0.25) is 0 Å². The van der Waals surface area contributed by atoms with Gasteiger partial charge in [-0.1, -0.05) is 30.3 Å². The minimum atomic E-state index is 0.559. The van der Waals surface area contributed by atoms with Crippen molar-refractivity contribution in [1.29, 1.82) is 0 Å². The minimum Gasteiger partial charge on any atom is -0.275 e. The molecule has 118 valence electrons. The summed E-state index contributed by atoms with van der Waals surface area (Å²) in [6.45, 7) is 2.87. The number of aromatic nitrogens is 5. The van der Waals surface area contributed by atoms with Crippen LogP contribution in [0, 0.1) is 6.92 Å². The Hall–Kier alpha value is -2.43. The van der Waals surface area contributed by atoms with Gasteiger partial charge in [-0.2, -0.15) is 10.2 Å². The predicted molar refractivity (Wildman–Crippen MR) is 89.1 cm³/mol. The molecule has 0 N–H and O–H groups in total. The zero-order valence-electron chi connectivity index (χ0n) is 13.6. The maximum absolute atomic E-state index is 4.83. The van der Waals surface area contributed by atoms with Gasteiger partial charge in [0.05, 0.1) is 11.3 Å². The van der Waals surface area contributed by atoms with Crippen molar-refractivity contribution in [3.8, 4) is 11.4 Å². The fourth-order valence-electron chi connectivity index (χ4n) is 2.93. The molecule has 2 aromatic heterocycles. The average Bonchev–Trinajstić information content (AvgIpc) is 3.23. The summed E-state index contributed by atoms with van der Waals surface area (Å²) in [6, 6.07) is 10.5. The minimum absolute atomic E-state index is 0.559. The Labute approximate surface area is 136 Å².